The second kappa shape index (κ2) is 14.6. The van der Waals surface area contributed by atoms with Crippen LogP contribution in [0.25, 0.3) is 10.4 Å². The number of benzene rings is 1. The fraction of sp³-hybridized carbons (Fsp3) is 0.618. The Labute approximate surface area is 276 Å². The molecule has 2 aromatic rings. The summed E-state index contributed by atoms with van der Waals surface area (Å²) >= 11 is 1.58. The third kappa shape index (κ3) is 9.36. The van der Waals surface area contributed by atoms with E-state index >= 15 is 0 Å². The fourth-order valence-corrected chi connectivity index (χ4v) is 6.71. The van der Waals surface area contributed by atoms with Crippen LogP contribution in [0.4, 0.5) is 0 Å². The topological polar surface area (TPSA) is 141 Å². The SMILES string of the molecule is Cc1ncsc1-c1ccc(CNC(=O)C2C[C@@H](O)CN2C(=O)[C@@H](NC(=O)CN2CCC(C(=O)OC(C)(C)C)CC2)C(C)(C)C)cc1. The Morgan fingerprint density at radius 1 is 1.07 bits per heavy atom. The average Bonchev–Trinajstić information content (AvgIpc) is 3.58. The zero-order valence-electron chi connectivity index (χ0n) is 28.1. The second-order valence-electron chi connectivity index (χ2n) is 14.5. The Balaban J connectivity index is 1.33. The summed E-state index contributed by atoms with van der Waals surface area (Å²) in [7, 11) is 0. The molecule has 3 amide bonds. The number of nitrogens with one attached hydrogen (secondary N) is 2. The molecule has 3 atom stereocenters. The van der Waals surface area contributed by atoms with Gasteiger partial charge in [0.25, 0.3) is 0 Å². The van der Waals surface area contributed by atoms with Crippen molar-refractivity contribution in [3.8, 4) is 10.4 Å². The van der Waals surface area contributed by atoms with E-state index in [1.165, 1.54) is 4.90 Å². The molecule has 0 saturated carbocycles. The molecule has 1 aromatic heterocycles. The molecule has 4 rings (SSSR count). The number of aliphatic hydroxyl groups excluding tert-OH is 1. The number of aliphatic hydroxyl groups is 1. The van der Waals surface area contributed by atoms with Gasteiger partial charge in [-0.3, -0.25) is 24.1 Å². The van der Waals surface area contributed by atoms with Crippen molar-refractivity contribution in [2.75, 3.05) is 26.2 Å². The van der Waals surface area contributed by atoms with Gasteiger partial charge in [-0.25, -0.2) is 4.98 Å². The van der Waals surface area contributed by atoms with Crippen LogP contribution in [-0.4, -0.2) is 93.5 Å². The van der Waals surface area contributed by atoms with E-state index in [-0.39, 0.29) is 49.8 Å². The van der Waals surface area contributed by atoms with Crippen LogP contribution in [0.3, 0.4) is 0 Å². The monoisotopic (exact) mass is 655 g/mol. The smallest absolute Gasteiger partial charge is 0.309 e. The highest BCUT2D eigenvalue weighted by atomic mass is 32.1. The number of thiazole rings is 1. The number of hydrogen-bond donors (Lipinski definition) is 3. The first-order valence-corrected chi connectivity index (χ1v) is 16.9. The maximum atomic E-state index is 13.9. The first-order chi connectivity index (χ1) is 21.5. The van der Waals surface area contributed by atoms with Crippen LogP contribution in [0.2, 0.25) is 0 Å². The van der Waals surface area contributed by atoms with Gasteiger partial charge >= 0.3 is 5.97 Å². The predicted octanol–water partition coefficient (Wildman–Crippen LogP) is 3.28. The van der Waals surface area contributed by atoms with Crippen LogP contribution in [0, 0.1) is 18.3 Å². The van der Waals surface area contributed by atoms with E-state index < -0.39 is 35.1 Å². The van der Waals surface area contributed by atoms with Crippen LogP contribution < -0.4 is 10.6 Å². The van der Waals surface area contributed by atoms with E-state index in [9.17, 15) is 24.3 Å². The van der Waals surface area contributed by atoms with Crippen molar-refractivity contribution >= 4 is 35.0 Å². The van der Waals surface area contributed by atoms with Crippen molar-refractivity contribution in [3.05, 3.63) is 41.0 Å². The normalized spacial score (nSPS) is 20.3. The molecule has 1 unspecified atom stereocenters. The van der Waals surface area contributed by atoms with Crippen molar-refractivity contribution in [2.24, 2.45) is 11.3 Å². The number of ether oxygens (including phenoxy) is 1. The molecule has 11 nitrogen and oxygen atoms in total. The summed E-state index contributed by atoms with van der Waals surface area (Å²) in [5.74, 6) is -1.45. The third-order valence-corrected chi connectivity index (χ3v) is 9.38. The van der Waals surface area contributed by atoms with Gasteiger partial charge in [0.15, 0.2) is 0 Å². The van der Waals surface area contributed by atoms with Gasteiger partial charge in [0.05, 0.1) is 34.6 Å². The molecule has 2 fully saturated rings. The molecule has 1 aromatic carbocycles. The van der Waals surface area contributed by atoms with E-state index in [4.69, 9.17) is 4.74 Å². The Bertz CT molecular complexity index is 1390. The van der Waals surface area contributed by atoms with Crippen molar-refractivity contribution in [1.29, 1.82) is 0 Å². The minimum Gasteiger partial charge on any atom is -0.460 e. The maximum absolute atomic E-state index is 13.9. The summed E-state index contributed by atoms with van der Waals surface area (Å²) < 4.78 is 5.52. The summed E-state index contributed by atoms with van der Waals surface area (Å²) in [4.78, 5) is 61.7. The lowest BCUT2D eigenvalue weighted by Crippen LogP contribution is -2.59. The molecule has 46 heavy (non-hydrogen) atoms. The highest BCUT2D eigenvalue weighted by molar-refractivity contribution is 7.13. The lowest BCUT2D eigenvalue weighted by atomic mass is 9.85. The number of aryl methyl sites for hydroxylation is 1. The molecule has 2 saturated heterocycles. The molecule has 2 aliphatic heterocycles. The third-order valence-electron chi connectivity index (χ3n) is 8.41. The number of rotatable bonds is 9. The highest BCUT2D eigenvalue weighted by Crippen LogP contribution is 2.28. The van der Waals surface area contributed by atoms with E-state index in [1.807, 2.05) is 83.1 Å². The number of β-amino-alcohol motifs (C(OH)–C–C–N with tert-alkyl or cyclic N) is 1. The van der Waals surface area contributed by atoms with Crippen molar-refractivity contribution in [1.82, 2.24) is 25.4 Å². The number of aromatic nitrogens is 1. The van der Waals surface area contributed by atoms with Gasteiger partial charge in [-0.2, -0.15) is 0 Å². The number of hydrogen-bond acceptors (Lipinski definition) is 9. The molecule has 3 N–H and O–H groups in total. The molecule has 3 heterocycles. The van der Waals surface area contributed by atoms with Gasteiger partial charge in [0.1, 0.15) is 17.7 Å². The summed E-state index contributed by atoms with van der Waals surface area (Å²) in [6.45, 7) is 14.6. The van der Waals surface area contributed by atoms with Crippen LogP contribution in [-0.2, 0) is 30.5 Å². The van der Waals surface area contributed by atoms with Gasteiger partial charge in [0.2, 0.25) is 17.7 Å². The van der Waals surface area contributed by atoms with Gasteiger partial charge in [-0.05, 0) is 70.2 Å². The number of nitrogens with zero attached hydrogens (tertiary/aromatic N) is 3. The Hall–Kier alpha value is -3.35. The van der Waals surface area contributed by atoms with Gasteiger partial charge in [0, 0.05) is 19.5 Å². The van der Waals surface area contributed by atoms with Crippen LogP contribution in [0.5, 0.6) is 0 Å². The predicted molar refractivity (Wildman–Crippen MR) is 177 cm³/mol. The molecular weight excluding hydrogens is 606 g/mol. The van der Waals surface area contributed by atoms with Gasteiger partial charge in [-0.1, -0.05) is 45.0 Å². The molecule has 0 spiro atoms. The fourth-order valence-electron chi connectivity index (χ4n) is 5.90. The lowest BCUT2D eigenvalue weighted by molar-refractivity contribution is -0.161. The minimum atomic E-state index is -0.900. The van der Waals surface area contributed by atoms with Crippen molar-refractivity contribution < 1.29 is 29.0 Å². The minimum absolute atomic E-state index is 0.0143. The van der Waals surface area contributed by atoms with Crippen molar-refractivity contribution in [3.63, 3.8) is 0 Å². The Kier molecular flexibility index (Phi) is 11.3. The number of esters is 1. The van der Waals surface area contributed by atoms with E-state index in [0.717, 1.165) is 21.7 Å². The van der Waals surface area contributed by atoms with Crippen LogP contribution >= 0.6 is 11.3 Å². The molecule has 0 radical (unpaired) electrons. The number of piperidine rings is 1. The number of carbonyl (C=O) groups excluding carboxylic acids is 4. The van der Waals surface area contributed by atoms with Crippen LogP contribution in [0.15, 0.2) is 29.8 Å². The van der Waals surface area contributed by atoms with Crippen molar-refractivity contribution in [2.45, 2.75) is 98.1 Å². The van der Waals surface area contributed by atoms with Crippen LogP contribution in [0.1, 0.15) is 72.1 Å². The van der Waals surface area contributed by atoms with E-state index in [0.29, 0.717) is 25.9 Å². The molecule has 252 valence electrons. The van der Waals surface area contributed by atoms with E-state index in [1.54, 1.807) is 11.3 Å². The second-order valence-corrected chi connectivity index (χ2v) is 15.4. The molecule has 0 aliphatic carbocycles. The largest absolute Gasteiger partial charge is 0.460 e. The molecule has 0 bridgehead atoms. The Morgan fingerprint density at radius 3 is 2.28 bits per heavy atom. The lowest BCUT2D eigenvalue weighted by Gasteiger charge is -2.36. The number of amides is 3. The number of carbonyl (C=O) groups is 4. The zero-order valence-corrected chi connectivity index (χ0v) is 28.9. The quantitative estimate of drug-likeness (QED) is 0.350. The van der Waals surface area contributed by atoms with E-state index in [2.05, 4.69) is 15.6 Å². The first-order valence-electron chi connectivity index (χ1n) is 16.0. The average molecular weight is 656 g/mol. The van der Waals surface area contributed by atoms with Gasteiger partial charge < -0.3 is 25.4 Å². The van der Waals surface area contributed by atoms with Gasteiger partial charge in [-0.15, -0.1) is 11.3 Å². The summed E-state index contributed by atoms with van der Waals surface area (Å²) in [6, 6.07) is 6.14. The number of likely N-dealkylation sites (tertiary alicyclic amines) is 2. The summed E-state index contributed by atoms with van der Waals surface area (Å²) in [5, 5.41) is 16.3. The highest BCUT2D eigenvalue weighted by Gasteiger charge is 2.44. The standard InChI is InChI=1S/C34H49N5O6S/c1-21-28(46-20-36-21)23-10-8-22(9-11-23)17-35-30(42)26-16-25(40)18-39(26)31(43)29(33(2,3)4)37-27(41)19-38-14-12-24(13-15-38)32(44)45-34(5,6)7/h8-11,20,24-26,29,40H,12-19H2,1-7H3,(H,35,42)(H,37,41)/t25-,26?,29-/m1/s1. The summed E-state index contributed by atoms with van der Waals surface area (Å²) in [6.07, 6.45) is 0.479. The summed E-state index contributed by atoms with van der Waals surface area (Å²) in [5.41, 5.74) is 3.57. The molecule has 2 aliphatic rings. The Morgan fingerprint density at radius 2 is 1.72 bits per heavy atom. The first kappa shape index (κ1) is 35.5. The molecule has 12 heteroatoms. The maximum Gasteiger partial charge on any atom is 0.309 e. The zero-order chi connectivity index (χ0) is 33.8. The molecular formula is C34H49N5O6S.